The first-order valence-corrected chi connectivity index (χ1v) is 6.38. The van der Waals surface area contributed by atoms with Crippen LogP contribution >= 0.6 is 15.9 Å². The monoisotopic (exact) mass is 316 g/mol. The number of benzene rings is 1. The van der Waals surface area contributed by atoms with E-state index < -0.39 is 0 Å². The Balaban J connectivity index is 1.90. The van der Waals surface area contributed by atoms with Gasteiger partial charge in [0, 0.05) is 17.1 Å². The number of fused-ring (bicyclic) bond motifs is 1. The van der Waals surface area contributed by atoms with E-state index in [1.165, 1.54) is 12.4 Å². The van der Waals surface area contributed by atoms with Crippen LogP contribution in [0.3, 0.4) is 0 Å². The van der Waals surface area contributed by atoms with Gasteiger partial charge in [-0.25, -0.2) is 9.97 Å². The molecule has 6 heteroatoms. The highest BCUT2D eigenvalue weighted by Crippen LogP contribution is 2.22. The average molecular weight is 317 g/mol. The molecule has 0 fully saturated rings. The zero-order chi connectivity index (χ0) is 13.2. The van der Waals surface area contributed by atoms with E-state index in [-0.39, 0.29) is 11.6 Å². The molecular weight excluding hydrogens is 308 g/mol. The highest BCUT2D eigenvalue weighted by Gasteiger charge is 2.10. The molecule has 0 saturated carbocycles. The second-order valence-electron chi connectivity index (χ2n) is 3.92. The van der Waals surface area contributed by atoms with Gasteiger partial charge < -0.3 is 10.3 Å². The summed E-state index contributed by atoms with van der Waals surface area (Å²) >= 11 is 3.18. The standard InChI is InChI=1S/C13H9BrN4O/c14-12-7-16-11(6-17-12)13(19)18-10-3-1-2-9-8(10)4-5-15-9/h1-7,15H,(H,18,19). The van der Waals surface area contributed by atoms with Crippen molar-refractivity contribution in [1.29, 1.82) is 0 Å². The number of rotatable bonds is 2. The molecule has 0 radical (unpaired) electrons. The number of carbonyl (C=O) groups excluding carboxylic acids is 1. The van der Waals surface area contributed by atoms with Gasteiger partial charge in [0.25, 0.3) is 5.91 Å². The van der Waals surface area contributed by atoms with Crippen molar-refractivity contribution in [2.24, 2.45) is 0 Å². The molecule has 19 heavy (non-hydrogen) atoms. The molecule has 0 aliphatic carbocycles. The Morgan fingerprint density at radius 2 is 2.11 bits per heavy atom. The van der Waals surface area contributed by atoms with Crippen molar-refractivity contribution in [1.82, 2.24) is 15.0 Å². The summed E-state index contributed by atoms with van der Waals surface area (Å²) in [4.78, 5) is 23.1. The summed E-state index contributed by atoms with van der Waals surface area (Å²) in [5, 5.41) is 3.79. The number of halogens is 1. The normalized spacial score (nSPS) is 10.6. The van der Waals surface area contributed by atoms with Crippen molar-refractivity contribution >= 4 is 38.4 Å². The first kappa shape index (κ1) is 11.9. The van der Waals surface area contributed by atoms with E-state index >= 15 is 0 Å². The lowest BCUT2D eigenvalue weighted by molar-refractivity contribution is 0.102. The molecule has 0 aliphatic rings. The number of nitrogens with one attached hydrogen (secondary N) is 2. The molecule has 0 aliphatic heterocycles. The van der Waals surface area contributed by atoms with Crippen LogP contribution in [0.5, 0.6) is 0 Å². The molecule has 2 N–H and O–H groups in total. The van der Waals surface area contributed by atoms with Crippen LogP contribution in [0.1, 0.15) is 10.5 Å². The maximum absolute atomic E-state index is 12.1. The SMILES string of the molecule is O=C(Nc1cccc2[nH]ccc12)c1cnc(Br)cn1. The Morgan fingerprint density at radius 3 is 2.89 bits per heavy atom. The maximum atomic E-state index is 12.1. The number of H-pyrrole nitrogens is 1. The second-order valence-corrected chi connectivity index (χ2v) is 4.74. The fourth-order valence-electron chi connectivity index (χ4n) is 1.81. The molecule has 5 nitrogen and oxygen atoms in total. The zero-order valence-electron chi connectivity index (χ0n) is 9.72. The Bertz CT molecular complexity index is 736. The van der Waals surface area contributed by atoms with E-state index in [2.05, 4.69) is 36.2 Å². The predicted octanol–water partition coefficient (Wildman–Crippen LogP) is 2.97. The van der Waals surface area contributed by atoms with Crippen molar-refractivity contribution in [3.63, 3.8) is 0 Å². The minimum Gasteiger partial charge on any atom is -0.361 e. The van der Waals surface area contributed by atoms with Gasteiger partial charge in [-0.05, 0) is 34.1 Å². The van der Waals surface area contributed by atoms with E-state index in [0.29, 0.717) is 4.60 Å². The van der Waals surface area contributed by atoms with E-state index in [4.69, 9.17) is 0 Å². The number of aromatic nitrogens is 3. The Kier molecular flexibility index (Phi) is 3.00. The molecule has 0 saturated heterocycles. The highest BCUT2D eigenvalue weighted by molar-refractivity contribution is 9.10. The van der Waals surface area contributed by atoms with Gasteiger partial charge in [0.1, 0.15) is 10.3 Å². The quantitative estimate of drug-likeness (QED) is 0.763. The largest absolute Gasteiger partial charge is 0.361 e. The van der Waals surface area contributed by atoms with Crippen LogP contribution in [-0.4, -0.2) is 20.9 Å². The Hall–Kier alpha value is -2.21. The van der Waals surface area contributed by atoms with E-state index in [0.717, 1.165) is 16.6 Å². The molecule has 0 atom stereocenters. The van der Waals surface area contributed by atoms with Crippen molar-refractivity contribution < 1.29 is 4.79 Å². The molecule has 0 unspecified atom stereocenters. The van der Waals surface area contributed by atoms with Crippen molar-refractivity contribution in [2.45, 2.75) is 0 Å². The highest BCUT2D eigenvalue weighted by atomic mass is 79.9. The molecule has 94 valence electrons. The fraction of sp³-hybridized carbons (Fsp3) is 0. The van der Waals surface area contributed by atoms with Crippen LogP contribution in [0.25, 0.3) is 10.9 Å². The first-order chi connectivity index (χ1) is 9.24. The molecule has 2 heterocycles. The van der Waals surface area contributed by atoms with Crippen molar-refractivity contribution in [2.75, 3.05) is 5.32 Å². The van der Waals surface area contributed by atoms with Gasteiger partial charge >= 0.3 is 0 Å². The second kappa shape index (κ2) is 4.81. The molecule has 1 amide bonds. The van der Waals surface area contributed by atoms with Gasteiger partial charge in [0.2, 0.25) is 0 Å². The predicted molar refractivity (Wildman–Crippen MR) is 76.0 cm³/mol. The molecule has 1 aromatic carbocycles. The van der Waals surface area contributed by atoms with Gasteiger partial charge in [-0.2, -0.15) is 0 Å². The minimum atomic E-state index is -0.284. The smallest absolute Gasteiger partial charge is 0.275 e. The topological polar surface area (TPSA) is 70.7 Å². The zero-order valence-corrected chi connectivity index (χ0v) is 11.3. The van der Waals surface area contributed by atoms with Crippen LogP contribution in [0.4, 0.5) is 5.69 Å². The number of hydrogen-bond acceptors (Lipinski definition) is 3. The summed E-state index contributed by atoms with van der Waals surface area (Å²) in [7, 11) is 0. The molecular formula is C13H9BrN4O. The van der Waals surface area contributed by atoms with Crippen LogP contribution in [0.15, 0.2) is 47.5 Å². The summed E-state index contributed by atoms with van der Waals surface area (Å²) in [5.74, 6) is -0.284. The van der Waals surface area contributed by atoms with Gasteiger partial charge in [0.15, 0.2) is 0 Å². The maximum Gasteiger partial charge on any atom is 0.275 e. The van der Waals surface area contributed by atoms with Crippen molar-refractivity contribution in [3.8, 4) is 0 Å². The van der Waals surface area contributed by atoms with E-state index in [1.807, 2.05) is 30.5 Å². The average Bonchev–Trinajstić information content (AvgIpc) is 2.89. The van der Waals surface area contributed by atoms with Crippen LogP contribution < -0.4 is 5.32 Å². The number of amides is 1. The lowest BCUT2D eigenvalue weighted by Gasteiger charge is -2.05. The van der Waals surface area contributed by atoms with Crippen LogP contribution in [0, 0.1) is 0 Å². The number of carbonyl (C=O) groups is 1. The number of nitrogens with zero attached hydrogens (tertiary/aromatic N) is 2. The molecule has 0 spiro atoms. The van der Waals surface area contributed by atoms with Gasteiger partial charge in [-0.1, -0.05) is 6.07 Å². The van der Waals surface area contributed by atoms with Gasteiger partial charge in [-0.15, -0.1) is 0 Å². The Morgan fingerprint density at radius 1 is 1.21 bits per heavy atom. The van der Waals surface area contributed by atoms with E-state index in [9.17, 15) is 4.79 Å². The third-order valence-corrected chi connectivity index (χ3v) is 3.11. The lowest BCUT2D eigenvalue weighted by atomic mass is 10.2. The van der Waals surface area contributed by atoms with Crippen LogP contribution in [0.2, 0.25) is 0 Å². The minimum absolute atomic E-state index is 0.274. The molecule has 2 aromatic heterocycles. The summed E-state index contributed by atoms with van der Waals surface area (Å²) in [6, 6.07) is 7.59. The van der Waals surface area contributed by atoms with Gasteiger partial charge in [0.05, 0.1) is 18.1 Å². The molecule has 3 aromatic rings. The number of hydrogen-bond donors (Lipinski definition) is 2. The van der Waals surface area contributed by atoms with E-state index in [1.54, 1.807) is 0 Å². The third kappa shape index (κ3) is 2.34. The number of anilines is 1. The summed E-state index contributed by atoms with van der Waals surface area (Å²) in [6.07, 6.45) is 4.75. The Labute approximate surface area is 117 Å². The van der Waals surface area contributed by atoms with Crippen molar-refractivity contribution in [3.05, 3.63) is 53.2 Å². The number of aromatic amines is 1. The lowest BCUT2D eigenvalue weighted by Crippen LogP contribution is -2.14. The third-order valence-electron chi connectivity index (χ3n) is 2.70. The summed E-state index contributed by atoms with van der Waals surface area (Å²) in [6.45, 7) is 0. The first-order valence-electron chi connectivity index (χ1n) is 5.59. The fourth-order valence-corrected chi connectivity index (χ4v) is 2.02. The summed E-state index contributed by atoms with van der Waals surface area (Å²) < 4.78 is 0.594. The summed E-state index contributed by atoms with van der Waals surface area (Å²) in [5.41, 5.74) is 1.99. The molecule has 3 rings (SSSR count). The van der Waals surface area contributed by atoms with Crippen LogP contribution in [-0.2, 0) is 0 Å². The molecule has 0 bridgehead atoms. The van der Waals surface area contributed by atoms with Gasteiger partial charge in [-0.3, -0.25) is 4.79 Å².